The third-order valence-electron chi connectivity index (χ3n) is 1.12. The number of pyridine rings is 1. The maximum absolute atomic E-state index is 4.76. The molecule has 0 saturated carbocycles. The molecule has 0 N–H and O–H groups in total. The number of aromatic nitrogens is 1. The first-order chi connectivity index (χ1) is 5.33. The molecule has 1 heterocycles. The van der Waals surface area contributed by atoms with E-state index in [2.05, 4.69) is 20.9 Å². The topological polar surface area (TPSA) is 22.1 Å². The molecule has 1 aromatic heterocycles. The van der Waals surface area contributed by atoms with E-state index in [4.69, 9.17) is 4.74 Å². The first kappa shape index (κ1) is 8.27. The lowest BCUT2D eigenvalue weighted by Crippen LogP contribution is -1.76. The number of ether oxygens (including phenoxy) is 1. The van der Waals surface area contributed by atoms with Crippen LogP contribution in [0.25, 0.3) is 6.08 Å². The van der Waals surface area contributed by atoms with E-state index < -0.39 is 0 Å². The fraction of sp³-hybridized carbons (Fsp3) is 0.125. The monoisotopic (exact) mass is 213 g/mol. The molecular formula is C8H8BrNO. The molecule has 0 aliphatic rings. The highest BCUT2D eigenvalue weighted by Gasteiger charge is 1.88. The maximum Gasteiger partial charge on any atom is 0.0831 e. The van der Waals surface area contributed by atoms with E-state index in [0.29, 0.717) is 0 Å². The Labute approximate surface area is 74.0 Å². The minimum atomic E-state index is 0.968. The molecule has 0 aliphatic carbocycles. The van der Waals surface area contributed by atoms with Crippen LogP contribution in [0.3, 0.4) is 0 Å². The Hall–Kier alpha value is -0.830. The van der Waals surface area contributed by atoms with Gasteiger partial charge in [-0.2, -0.15) is 0 Å². The highest BCUT2D eigenvalue weighted by atomic mass is 79.9. The molecule has 0 aliphatic heterocycles. The summed E-state index contributed by atoms with van der Waals surface area (Å²) in [6.07, 6.45) is 6.96. The highest BCUT2D eigenvalue weighted by Crippen LogP contribution is 2.10. The molecule has 3 heteroatoms. The van der Waals surface area contributed by atoms with E-state index in [1.165, 1.54) is 0 Å². The molecular weight excluding hydrogens is 206 g/mol. The second-order valence-corrected chi connectivity index (χ2v) is 2.89. The number of hydrogen-bond acceptors (Lipinski definition) is 2. The van der Waals surface area contributed by atoms with Gasteiger partial charge in [-0.1, -0.05) is 0 Å². The third kappa shape index (κ3) is 2.72. The number of nitrogens with zero attached hydrogens (tertiary/aromatic N) is 1. The summed E-state index contributed by atoms with van der Waals surface area (Å²) in [5.41, 5.74) is 1.02. The average molecular weight is 214 g/mol. The fourth-order valence-electron chi connectivity index (χ4n) is 0.666. The number of hydrogen-bond donors (Lipinski definition) is 0. The Bertz CT molecular complexity index is 260. The zero-order valence-corrected chi connectivity index (χ0v) is 7.71. The van der Waals surface area contributed by atoms with E-state index >= 15 is 0 Å². The van der Waals surface area contributed by atoms with Crippen molar-refractivity contribution in [2.75, 3.05) is 7.11 Å². The predicted molar refractivity (Wildman–Crippen MR) is 48.0 cm³/mol. The average Bonchev–Trinajstić information content (AvgIpc) is 2.01. The molecule has 0 aromatic carbocycles. The minimum Gasteiger partial charge on any atom is -0.504 e. The molecule has 0 atom stereocenters. The van der Waals surface area contributed by atoms with Gasteiger partial charge in [0.15, 0.2) is 0 Å². The highest BCUT2D eigenvalue weighted by molar-refractivity contribution is 9.10. The number of rotatable bonds is 2. The van der Waals surface area contributed by atoms with E-state index in [1.54, 1.807) is 25.8 Å². The van der Waals surface area contributed by atoms with Crippen LogP contribution >= 0.6 is 15.9 Å². The fourth-order valence-corrected chi connectivity index (χ4v) is 1.05. The van der Waals surface area contributed by atoms with Crippen molar-refractivity contribution in [1.29, 1.82) is 0 Å². The van der Waals surface area contributed by atoms with E-state index in [0.717, 1.165) is 10.0 Å². The van der Waals surface area contributed by atoms with Gasteiger partial charge < -0.3 is 4.74 Å². The van der Waals surface area contributed by atoms with E-state index in [-0.39, 0.29) is 0 Å². The smallest absolute Gasteiger partial charge is 0.0831 e. The van der Waals surface area contributed by atoms with Gasteiger partial charge in [-0.15, -0.1) is 0 Å². The van der Waals surface area contributed by atoms with Gasteiger partial charge >= 0.3 is 0 Å². The minimum absolute atomic E-state index is 0.968. The van der Waals surface area contributed by atoms with Gasteiger partial charge in [0.05, 0.1) is 13.4 Å². The van der Waals surface area contributed by atoms with Gasteiger partial charge in [-0.25, -0.2) is 0 Å². The maximum atomic E-state index is 4.76. The Morgan fingerprint density at radius 3 is 3.00 bits per heavy atom. The van der Waals surface area contributed by atoms with Crippen LogP contribution in [-0.4, -0.2) is 12.1 Å². The molecule has 11 heavy (non-hydrogen) atoms. The van der Waals surface area contributed by atoms with Crippen molar-refractivity contribution < 1.29 is 4.74 Å². The molecule has 0 unspecified atom stereocenters. The lowest BCUT2D eigenvalue weighted by Gasteiger charge is -1.92. The molecule has 0 amide bonds. The van der Waals surface area contributed by atoms with Crippen LogP contribution < -0.4 is 0 Å². The van der Waals surface area contributed by atoms with E-state index in [1.807, 2.05) is 12.1 Å². The van der Waals surface area contributed by atoms with Crippen molar-refractivity contribution in [3.8, 4) is 0 Å². The van der Waals surface area contributed by atoms with Crippen molar-refractivity contribution >= 4 is 22.0 Å². The van der Waals surface area contributed by atoms with Crippen molar-refractivity contribution in [3.63, 3.8) is 0 Å². The van der Waals surface area contributed by atoms with Crippen molar-refractivity contribution in [2.45, 2.75) is 0 Å². The zero-order valence-electron chi connectivity index (χ0n) is 6.12. The predicted octanol–water partition coefficient (Wildman–Crippen LogP) is 2.46. The van der Waals surface area contributed by atoms with Gasteiger partial charge in [-0.3, -0.25) is 4.98 Å². The molecule has 0 fully saturated rings. The summed E-state index contributed by atoms with van der Waals surface area (Å²) in [4.78, 5) is 3.98. The van der Waals surface area contributed by atoms with Gasteiger partial charge in [0.25, 0.3) is 0 Å². The van der Waals surface area contributed by atoms with Gasteiger partial charge in [0, 0.05) is 16.9 Å². The van der Waals surface area contributed by atoms with Crippen molar-refractivity contribution in [3.05, 3.63) is 34.8 Å². The largest absolute Gasteiger partial charge is 0.504 e. The second kappa shape index (κ2) is 4.13. The summed E-state index contributed by atoms with van der Waals surface area (Å²) < 4.78 is 5.73. The number of halogens is 1. The summed E-state index contributed by atoms with van der Waals surface area (Å²) in [5.74, 6) is 0. The van der Waals surface area contributed by atoms with Crippen LogP contribution in [0.1, 0.15) is 5.56 Å². The Balaban J connectivity index is 2.79. The van der Waals surface area contributed by atoms with Crippen LogP contribution in [0.5, 0.6) is 0 Å². The molecule has 0 saturated heterocycles. The number of methoxy groups -OCH3 is 1. The van der Waals surface area contributed by atoms with E-state index in [9.17, 15) is 0 Å². The van der Waals surface area contributed by atoms with Crippen molar-refractivity contribution in [2.24, 2.45) is 0 Å². The normalized spacial score (nSPS) is 10.4. The summed E-state index contributed by atoms with van der Waals surface area (Å²) in [6, 6.07) is 1.96. The standard InChI is InChI=1S/C8H8BrNO/c1-11-3-2-7-4-8(9)6-10-5-7/h2-6H,1H3/b3-2+. The summed E-state index contributed by atoms with van der Waals surface area (Å²) in [5, 5.41) is 0. The third-order valence-corrected chi connectivity index (χ3v) is 1.56. The van der Waals surface area contributed by atoms with Crippen LogP contribution in [0.15, 0.2) is 29.2 Å². The molecule has 0 spiro atoms. The van der Waals surface area contributed by atoms with Crippen LogP contribution in [0.2, 0.25) is 0 Å². The zero-order chi connectivity index (χ0) is 8.10. The van der Waals surface area contributed by atoms with Gasteiger partial charge in [0.1, 0.15) is 0 Å². The van der Waals surface area contributed by atoms with Gasteiger partial charge in [0.2, 0.25) is 0 Å². The molecule has 1 aromatic rings. The van der Waals surface area contributed by atoms with Crippen LogP contribution in [0, 0.1) is 0 Å². The Morgan fingerprint density at radius 1 is 1.55 bits per heavy atom. The molecule has 0 radical (unpaired) electrons. The first-order valence-electron chi connectivity index (χ1n) is 3.13. The SMILES string of the molecule is CO/C=C/c1cncc(Br)c1. The molecule has 1 rings (SSSR count). The summed E-state index contributed by atoms with van der Waals surface area (Å²) in [7, 11) is 1.61. The molecule has 2 nitrogen and oxygen atoms in total. The van der Waals surface area contributed by atoms with Crippen LogP contribution in [0.4, 0.5) is 0 Å². The lowest BCUT2D eigenvalue weighted by atomic mass is 10.3. The van der Waals surface area contributed by atoms with Crippen molar-refractivity contribution in [1.82, 2.24) is 4.98 Å². The Morgan fingerprint density at radius 2 is 2.36 bits per heavy atom. The quantitative estimate of drug-likeness (QED) is 0.705. The second-order valence-electron chi connectivity index (χ2n) is 1.97. The summed E-state index contributed by atoms with van der Waals surface area (Å²) in [6.45, 7) is 0. The summed E-state index contributed by atoms with van der Waals surface area (Å²) >= 11 is 3.32. The van der Waals surface area contributed by atoms with Gasteiger partial charge in [-0.05, 0) is 33.6 Å². The molecule has 58 valence electrons. The Kier molecular flexibility index (Phi) is 3.11. The lowest BCUT2D eigenvalue weighted by molar-refractivity contribution is 0.341. The first-order valence-corrected chi connectivity index (χ1v) is 3.92. The molecule has 0 bridgehead atoms. The van der Waals surface area contributed by atoms with Crippen LogP contribution in [-0.2, 0) is 4.74 Å².